The van der Waals surface area contributed by atoms with Gasteiger partial charge in [0.15, 0.2) is 0 Å². The van der Waals surface area contributed by atoms with Gasteiger partial charge < -0.3 is 0 Å². The molecule has 0 N–H and O–H groups in total. The number of benzene rings is 3. The van der Waals surface area contributed by atoms with E-state index in [1.165, 1.54) is 33.0 Å². The topological polar surface area (TPSA) is 0 Å². The van der Waals surface area contributed by atoms with Gasteiger partial charge in [-0.05, 0) is 6.42 Å². The molecule has 0 unspecified atom stereocenters. The van der Waals surface area contributed by atoms with Gasteiger partial charge in [0.25, 0.3) is 0 Å². The van der Waals surface area contributed by atoms with Crippen molar-refractivity contribution in [1.29, 1.82) is 0 Å². The van der Waals surface area contributed by atoms with Crippen LogP contribution in [0, 0.1) is 6.07 Å². The van der Waals surface area contributed by atoms with Gasteiger partial charge in [0.2, 0.25) is 0 Å². The minimum absolute atomic E-state index is 1.05. The van der Waals surface area contributed by atoms with E-state index in [1.54, 1.807) is 0 Å². The Morgan fingerprint density at radius 1 is 0.920 bits per heavy atom. The third-order valence-electron chi connectivity index (χ3n) is 4.16. The van der Waals surface area contributed by atoms with Crippen molar-refractivity contribution >= 4 is 15.1 Å². The Hall–Kier alpha value is -2.15. The van der Waals surface area contributed by atoms with E-state index in [0.29, 0.717) is 0 Å². The second-order valence-electron chi connectivity index (χ2n) is 5.84. The van der Waals surface area contributed by atoms with Crippen molar-refractivity contribution in [2.24, 2.45) is 0 Å². The summed E-state index contributed by atoms with van der Waals surface area (Å²) in [7, 11) is 0. The van der Waals surface area contributed by atoms with Crippen LogP contribution in [0.15, 0.2) is 84.9 Å². The summed E-state index contributed by atoms with van der Waals surface area (Å²) in [5, 5.41) is 2.66. The molecule has 1 heteroatoms. The summed E-state index contributed by atoms with van der Waals surface area (Å²) in [5.41, 5.74) is 5.51. The summed E-state index contributed by atoms with van der Waals surface area (Å²) in [6.07, 6.45) is 1.05. The van der Waals surface area contributed by atoms with Crippen molar-refractivity contribution in [2.45, 2.75) is 13.3 Å². The molecule has 0 spiro atoms. The van der Waals surface area contributed by atoms with Gasteiger partial charge in [0, 0.05) is 0 Å². The van der Waals surface area contributed by atoms with Crippen molar-refractivity contribution in [3.05, 3.63) is 102 Å². The first-order chi connectivity index (χ1) is 12.3. The van der Waals surface area contributed by atoms with E-state index in [2.05, 4.69) is 84.9 Å². The molecule has 4 aromatic rings. The van der Waals surface area contributed by atoms with Crippen LogP contribution in [0.5, 0.6) is 0 Å². The average molecular weight is 356 g/mol. The fourth-order valence-corrected chi connectivity index (χ4v) is 3.07. The van der Waals surface area contributed by atoms with Crippen molar-refractivity contribution in [3.8, 4) is 11.1 Å². The van der Waals surface area contributed by atoms with Gasteiger partial charge >= 0.3 is 31.2 Å². The first-order valence-corrected chi connectivity index (χ1v) is 9.37. The minimum atomic E-state index is 1.05. The number of rotatable bonds is 0. The maximum atomic E-state index is 3.30. The van der Waals surface area contributed by atoms with E-state index in [1.807, 2.05) is 37.3 Å². The SMILES string of the molecule is C[CH]=[Ti+2].[c-]1cccc2c1Cc1ccccc1-2.c1ccc2[cH-]ccc2c1. The van der Waals surface area contributed by atoms with Crippen LogP contribution in [0.2, 0.25) is 0 Å². The van der Waals surface area contributed by atoms with E-state index in [4.69, 9.17) is 0 Å². The van der Waals surface area contributed by atoms with E-state index in [-0.39, 0.29) is 0 Å². The standard InChI is InChI=1S/C13H9.C9H7.C2H4.Ti/c1-3-7-12-10(5-1)9-11-6-2-4-8-13(11)12;1-2-5-9-7-3-6-8(9)4-1;1-2;/h1-5,7-8H,9H2;1-7H;1H,2H3;/q2*-1;;+2. The van der Waals surface area contributed by atoms with Crippen LogP contribution >= 0.6 is 0 Å². The smallest absolute Gasteiger partial charge is 0.0253 e. The Kier molecular flexibility index (Phi) is 6.22. The predicted molar refractivity (Wildman–Crippen MR) is 105 cm³/mol. The van der Waals surface area contributed by atoms with E-state index < -0.39 is 0 Å². The summed E-state index contributed by atoms with van der Waals surface area (Å²) in [6, 6.07) is 32.8. The van der Waals surface area contributed by atoms with Gasteiger partial charge in [-0.1, -0.05) is 41.5 Å². The molecule has 25 heavy (non-hydrogen) atoms. The zero-order chi connectivity index (χ0) is 17.5. The molecule has 0 aliphatic heterocycles. The van der Waals surface area contributed by atoms with Crippen molar-refractivity contribution in [2.75, 3.05) is 0 Å². The third kappa shape index (κ3) is 4.28. The van der Waals surface area contributed by atoms with Crippen LogP contribution in [0.3, 0.4) is 0 Å². The monoisotopic (exact) mass is 356 g/mol. The van der Waals surface area contributed by atoms with Crippen LogP contribution < -0.4 is 0 Å². The molecule has 0 bridgehead atoms. The van der Waals surface area contributed by atoms with Gasteiger partial charge in [-0.2, -0.15) is 47.3 Å². The van der Waals surface area contributed by atoms with Crippen LogP contribution in [-0.4, -0.2) is 4.31 Å². The van der Waals surface area contributed by atoms with Gasteiger partial charge in [0.1, 0.15) is 0 Å². The average Bonchev–Trinajstić information content (AvgIpc) is 3.27. The summed E-state index contributed by atoms with van der Waals surface area (Å²) in [6.45, 7) is 2.00. The van der Waals surface area contributed by atoms with E-state index in [9.17, 15) is 0 Å². The van der Waals surface area contributed by atoms with Gasteiger partial charge in [-0.15, -0.1) is 35.2 Å². The molecule has 0 saturated carbocycles. The molecule has 5 rings (SSSR count). The van der Waals surface area contributed by atoms with Crippen LogP contribution in [0.1, 0.15) is 18.1 Å². The molecular weight excluding hydrogens is 336 g/mol. The maximum Gasteiger partial charge on any atom is -0.0253 e. The normalized spacial score (nSPS) is 10.7. The largest absolute Gasteiger partial charge is 0.179 e. The quantitative estimate of drug-likeness (QED) is 0.237. The molecule has 0 fully saturated rings. The van der Waals surface area contributed by atoms with Crippen LogP contribution in [-0.2, 0) is 26.4 Å². The number of fused-ring (bicyclic) bond motifs is 4. The number of hydrogen-bond donors (Lipinski definition) is 0. The second kappa shape index (κ2) is 8.81. The predicted octanol–water partition coefficient (Wildman–Crippen LogP) is 5.97. The van der Waals surface area contributed by atoms with Crippen molar-refractivity contribution in [3.63, 3.8) is 0 Å². The first kappa shape index (κ1) is 17.7. The minimum Gasteiger partial charge on any atom is -0.179 e. The van der Waals surface area contributed by atoms with Gasteiger partial charge in [-0.25, -0.2) is 0 Å². The Morgan fingerprint density at radius 3 is 2.48 bits per heavy atom. The molecule has 0 atom stereocenters. The Labute approximate surface area is 161 Å². The molecule has 1 aliphatic rings. The molecule has 0 saturated heterocycles. The molecule has 120 valence electrons. The molecule has 0 radical (unpaired) electrons. The molecule has 1 aliphatic carbocycles. The summed E-state index contributed by atoms with van der Waals surface area (Å²) >= 11 is 2.00. The van der Waals surface area contributed by atoms with Crippen molar-refractivity contribution < 1.29 is 20.0 Å². The fraction of sp³-hybridized carbons (Fsp3) is 0.0833. The number of hydrogen-bond acceptors (Lipinski definition) is 0. The van der Waals surface area contributed by atoms with Crippen LogP contribution in [0.25, 0.3) is 21.9 Å². The molecular formula is C24H20Ti. The van der Waals surface area contributed by atoms with E-state index >= 15 is 0 Å². The second-order valence-corrected chi connectivity index (χ2v) is 6.74. The molecule has 0 nitrogen and oxygen atoms in total. The summed E-state index contributed by atoms with van der Waals surface area (Å²) in [4.78, 5) is 0. The summed E-state index contributed by atoms with van der Waals surface area (Å²) < 4.78 is 2.00. The molecule has 0 amide bonds. The van der Waals surface area contributed by atoms with E-state index in [0.717, 1.165) is 6.42 Å². The maximum absolute atomic E-state index is 3.30. The molecule has 0 heterocycles. The molecule has 4 aromatic carbocycles. The van der Waals surface area contributed by atoms with Gasteiger partial charge in [0.05, 0.1) is 0 Å². The summed E-state index contributed by atoms with van der Waals surface area (Å²) in [5.74, 6) is 0. The Morgan fingerprint density at radius 2 is 1.64 bits per heavy atom. The van der Waals surface area contributed by atoms with Crippen LogP contribution in [0.4, 0.5) is 0 Å². The Bertz CT molecular complexity index is 889. The van der Waals surface area contributed by atoms with Crippen molar-refractivity contribution in [1.82, 2.24) is 0 Å². The zero-order valence-electron chi connectivity index (χ0n) is 14.4. The molecule has 0 aromatic heterocycles. The Balaban J connectivity index is 0.000000133. The first-order valence-electron chi connectivity index (χ1n) is 8.47. The van der Waals surface area contributed by atoms with Gasteiger partial charge in [-0.3, -0.25) is 0 Å². The zero-order valence-corrected chi connectivity index (χ0v) is 15.9. The fourth-order valence-electron chi connectivity index (χ4n) is 3.07. The third-order valence-corrected chi connectivity index (χ3v) is 4.16.